The molecule has 0 radical (unpaired) electrons. The molecule has 6 heteroatoms. The Bertz CT molecular complexity index is 401. The fourth-order valence-electron chi connectivity index (χ4n) is 1.75. The molecule has 1 aromatic rings. The summed E-state index contributed by atoms with van der Waals surface area (Å²) in [4.78, 5) is 8.03. The van der Waals surface area contributed by atoms with Crippen molar-refractivity contribution in [3.05, 3.63) is 29.8 Å². The number of aliphatic imine (C=N–C) groups is 1. The van der Waals surface area contributed by atoms with E-state index >= 15 is 0 Å². The van der Waals surface area contributed by atoms with Gasteiger partial charge < -0.3 is 15.8 Å². The lowest BCUT2D eigenvalue weighted by molar-refractivity contribution is 0.114. The molecule has 0 aliphatic carbocycles. The van der Waals surface area contributed by atoms with Crippen LogP contribution in [0.3, 0.4) is 0 Å². The molecule has 1 atom stereocenters. The minimum atomic E-state index is -0.354. The number of guanidine groups is 1. The van der Waals surface area contributed by atoms with Gasteiger partial charge in [0.25, 0.3) is 0 Å². The molecule has 0 aromatic carbocycles. The molecule has 1 aliphatic heterocycles. The molecule has 2 heterocycles. The number of aromatic nitrogens is 1. The summed E-state index contributed by atoms with van der Waals surface area (Å²) in [5.41, 5.74) is 6.39. The molecule has 3 N–H and O–H groups in total. The van der Waals surface area contributed by atoms with Crippen LogP contribution in [0.4, 0.5) is 4.39 Å². The molecule has 0 spiro atoms. The van der Waals surface area contributed by atoms with E-state index in [1.165, 1.54) is 12.3 Å². The van der Waals surface area contributed by atoms with Crippen LogP contribution in [-0.2, 0) is 11.3 Å². The van der Waals surface area contributed by atoms with Gasteiger partial charge in [-0.05, 0) is 25.0 Å². The zero-order valence-corrected chi connectivity index (χ0v) is 10.1. The minimum Gasteiger partial charge on any atom is -0.376 e. The number of halogens is 1. The molecule has 0 bridgehead atoms. The van der Waals surface area contributed by atoms with Crippen LogP contribution in [0.1, 0.15) is 18.5 Å². The summed E-state index contributed by atoms with van der Waals surface area (Å²) in [5.74, 6) is 0.00355. The van der Waals surface area contributed by atoms with Gasteiger partial charge in [-0.25, -0.2) is 9.38 Å². The molecule has 0 amide bonds. The SMILES string of the molecule is NC(=NCc1ccc(F)cn1)NCC1CCCO1. The van der Waals surface area contributed by atoms with Crippen molar-refractivity contribution in [2.24, 2.45) is 10.7 Å². The summed E-state index contributed by atoms with van der Waals surface area (Å²) >= 11 is 0. The topological polar surface area (TPSA) is 72.5 Å². The van der Waals surface area contributed by atoms with Gasteiger partial charge >= 0.3 is 0 Å². The van der Waals surface area contributed by atoms with Crippen LogP contribution >= 0.6 is 0 Å². The van der Waals surface area contributed by atoms with Crippen molar-refractivity contribution in [2.75, 3.05) is 13.2 Å². The van der Waals surface area contributed by atoms with Crippen LogP contribution in [0.2, 0.25) is 0 Å². The minimum absolute atomic E-state index is 0.225. The maximum Gasteiger partial charge on any atom is 0.189 e. The fraction of sp³-hybridized carbons (Fsp3) is 0.500. The lowest BCUT2D eigenvalue weighted by Gasteiger charge is -2.10. The molecule has 1 aromatic heterocycles. The van der Waals surface area contributed by atoms with Crippen LogP contribution in [0, 0.1) is 5.82 Å². The Balaban J connectivity index is 1.75. The number of nitrogens with zero attached hydrogens (tertiary/aromatic N) is 2. The number of pyridine rings is 1. The third kappa shape index (κ3) is 3.96. The van der Waals surface area contributed by atoms with E-state index in [0.29, 0.717) is 24.7 Å². The van der Waals surface area contributed by atoms with Gasteiger partial charge in [-0.3, -0.25) is 4.98 Å². The average Bonchev–Trinajstić information content (AvgIpc) is 2.89. The maximum atomic E-state index is 12.6. The summed E-state index contributed by atoms with van der Waals surface area (Å²) in [7, 11) is 0. The number of rotatable bonds is 4. The Hall–Kier alpha value is -1.69. The Kier molecular flexibility index (Phi) is 4.46. The zero-order valence-electron chi connectivity index (χ0n) is 10.1. The van der Waals surface area contributed by atoms with Crippen molar-refractivity contribution < 1.29 is 9.13 Å². The molecule has 5 nitrogen and oxygen atoms in total. The van der Waals surface area contributed by atoms with Gasteiger partial charge in [-0.2, -0.15) is 0 Å². The van der Waals surface area contributed by atoms with Gasteiger partial charge in [0.15, 0.2) is 5.96 Å². The van der Waals surface area contributed by atoms with E-state index in [2.05, 4.69) is 15.3 Å². The molecule has 98 valence electrons. The third-order valence-electron chi connectivity index (χ3n) is 2.73. The number of hydrogen-bond acceptors (Lipinski definition) is 3. The Labute approximate surface area is 105 Å². The van der Waals surface area contributed by atoms with Gasteiger partial charge in [0.2, 0.25) is 0 Å². The van der Waals surface area contributed by atoms with Gasteiger partial charge in [-0.15, -0.1) is 0 Å². The van der Waals surface area contributed by atoms with Gasteiger partial charge in [0, 0.05) is 13.2 Å². The second-order valence-electron chi connectivity index (χ2n) is 4.19. The number of nitrogens with one attached hydrogen (secondary N) is 1. The Morgan fingerprint density at radius 1 is 1.61 bits per heavy atom. The van der Waals surface area contributed by atoms with Crippen molar-refractivity contribution in [3.8, 4) is 0 Å². The van der Waals surface area contributed by atoms with E-state index in [4.69, 9.17) is 10.5 Å². The second-order valence-corrected chi connectivity index (χ2v) is 4.19. The first-order valence-electron chi connectivity index (χ1n) is 6.00. The van der Waals surface area contributed by atoms with Crippen LogP contribution < -0.4 is 11.1 Å². The van der Waals surface area contributed by atoms with E-state index in [1.54, 1.807) is 6.07 Å². The van der Waals surface area contributed by atoms with E-state index in [9.17, 15) is 4.39 Å². The first kappa shape index (κ1) is 12.8. The van der Waals surface area contributed by atoms with E-state index in [-0.39, 0.29) is 11.9 Å². The van der Waals surface area contributed by atoms with Gasteiger partial charge in [0.05, 0.1) is 24.5 Å². The average molecular weight is 252 g/mol. The number of nitrogens with two attached hydrogens (primary N) is 1. The predicted octanol–water partition coefficient (Wildman–Crippen LogP) is 0.804. The molecule has 2 rings (SSSR count). The van der Waals surface area contributed by atoms with E-state index in [1.807, 2.05) is 0 Å². The standard InChI is InChI=1S/C12H17FN4O/c13-9-3-4-10(15-6-9)7-16-12(14)17-8-11-2-1-5-18-11/h3-4,6,11H,1-2,5,7-8H2,(H3,14,16,17). The molecule has 0 saturated carbocycles. The quantitative estimate of drug-likeness (QED) is 0.614. The normalized spacial score (nSPS) is 20.1. The zero-order chi connectivity index (χ0) is 12.8. The van der Waals surface area contributed by atoms with E-state index < -0.39 is 0 Å². The summed E-state index contributed by atoms with van der Waals surface area (Å²) in [6, 6.07) is 2.94. The predicted molar refractivity (Wildman–Crippen MR) is 66.5 cm³/mol. The van der Waals surface area contributed by atoms with Crippen LogP contribution in [0.5, 0.6) is 0 Å². The lowest BCUT2D eigenvalue weighted by atomic mass is 10.2. The Morgan fingerprint density at radius 3 is 3.17 bits per heavy atom. The van der Waals surface area contributed by atoms with E-state index in [0.717, 1.165) is 19.4 Å². The number of hydrogen-bond donors (Lipinski definition) is 2. The smallest absolute Gasteiger partial charge is 0.189 e. The monoisotopic (exact) mass is 252 g/mol. The Morgan fingerprint density at radius 2 is 2.50 bits per heavy atom. The van der Waals surface area contributed by atoms with Crippen molar-refractivity contribution in [1.82, 2.24) is 10.3 Å². The summed E-state index contributed by atoms with van der Waals surface area (Å²) in [6.45, 7) is 1.83. The fourth-order valence-corrected chi connectivity index (χ4v) is 1.75. The van der Waals surface area contributed by atoms with Crippen LogP contribution in [0.25, 0.3) is 0 Å². The molecule has 1 unspecified atom stereocenters. The second kappa shape index (κ2) is 6.30. The summed E-state index contributed by atoms with van der Waals surface area (Å²) in [6.07, 6.45) is 3.55. The first-order valence-corrected chi connectivity index (χ1v) is 6.00. The van der Waals surface area contributed by atoms with Crippen molar-refractivity contribution in [3.63, 3.8) is 0 Å². The lowest BCUT2D eigenvalue weighted by Crippen LogP contribution is -2.37. The number of ether oxygens (including phenoxy) is 1. The van der Waals surface area contributed by atoms with Crippen molar-refractivity contribution in [2.45, 2.75) is 25.5 Å². The molecule has 18 heavy (non-hydrogen) atoms. The molecule has 1 saturated heterocycles. The summed E-state index contributed by atoms with van der Waals surface area (Å²) < 4.78 is 18.1. The van der Waals surface area contributed by atoms with Gasteiger partial charge in [-0.1, -0.05) is 0 Å². The molecular formula is C12H17FN4O. The highest BCUT2D eigenvalue weighted by Gasteiger charge is 2.14. The third-order valence-corrected chi connectivity index (χ3v) is 2.73. The van der Waals surface area contributed by atoms with Crippen LogP contribution in [-0.4, -0.2) is 30.2 Å². The highest BCUT2D eigenvalue weighted by Crippen LogP contribution is 2.10. The molecule has 1 aliphatic rings. The molecule has 1 fully saturated rings. The highest BCUT2D eigenvalue weighted by molar-refractivity contribution is 5.77. The first-order chi connectivity index (χ1) is 8.74. The van der Waals surface area contributed by atoms with Crippen molar-refractivity contribution in [1.29, 1.82) is 0 Å². The maximum absolute atomic E-state index is 12.6. The van der Waals surface area contributed by atoms with Crippen LogP contribution in [0.15, 0.2) is 23.3 Å². The largest absolute Gasteiger partial charge is 0.376 e. The molecular weight excluding hydrogens is 235 g/mol. The van der Waals surface area contributed by atoms with Gasteiger partial charge in [0.1, 0.15) is 5.82 Å². The van der Waals surface area contributed by atoms with Crippen molar-refractivity contribution >= 4 is 5.96 Å². The highest BCUT2D eigenvalue weighted by atomic mass is 19.1. The summed E-state index contributed by atoms with van der Waals surface area (Å²) in [5, 5.41) is 3.01.